The largest absolute Gasteiger partial charge is 0.248 e. The van der Waals surface area contributed by atoms with E-state index < -0.39 is 0 Å². The molecule has 0 bridgehead atoms. The molecule has 0 aliphatic rings. The Bertz CT molecular complexity index is 790. The van der Waals surface area contributed by atoms with Crippen molar-refractivity contribution < 1.29 is 7.78 Å². The second kappa shape index (κ2) is 27.2. The van der Waals surface area contributed by atoms with Gasteiger partial charge in [0.2, 0.25) is 20.0 Å². The van der Waals surface area contributed by atoms with E-state index in [1.165, 1.54) is 128 Å². The molecule has 0 spiro atoms. The van der Waals surface area contributed by atoms with Crippen LogP contribution in [0.25, 0.3) is 0 Å². The molecular weight excluding hydrogens is 649 g/mol. The summed E-state index contributed by atoms with van der Waals surface area (Å²) < 4.78 is 0.989. The van der Waals surface area contributed by atoms with Crippen LogP contribution in [0, 0.1) is 0 Å². The number of rotatable bonds is 30. The second-order valence-electron chi connectivity index (χ2n) is 13.3. The topological polar surface area (TPSA) is 25.8 Å². The summed E-state index contributed by atoms with van der Waals surface area (Å²) in [5.41, 5.74) is 0. The maximum Gasteiger partial charge on any atom is 0.248 e. The van der Waals surface area contributed by atoms with Crippen LogP contribution >= 0.6 is 61.4 Å². The number of aromatic nitrogens is 2. The molecule has 0 saturated carbocycles. The van der Waals surface area contributed by atoms with Gasteiger partial charge < -0.3 is 0 Å². The van der Waals surface area contributed by atoms with Gasteiger partial charge in [0, 0.05) is 0 Å². The summed E-state index contributed by atoms with van der Waals surface area (Å²) in [5, 5.41) is 10.9. The molecule has 1 rings (SSSR count). The van der Waals surface area contributed by atoms with Gasteiger partial charge in [-0.05, 0) is 75.8 Å². The van der Waals surface area contributed by atoms with Gasteiger partial charge in [0.05, 0.1) is 51.8 Å². The van der Waals surface area contributed by atoms with Crippen molar-refractivity contribution in [3.63, 3.8) is 0 Å². The van der Waals surface area contributed by atoms with Crippen molar-refractivity contribution in [2.45, 2.75) is 182 Å². The minimum Gasteiger partial charge on any atom is -0.220 e. The summed E-state index contributed by atoms with van der Waals surface area (Å²) in [6.45, 7) is 12.9. The van der Waals surface area contributed by atoms with Crippen molar-refractivity contribution in [2.24, 2.45) is 0 Å². The maximum atomic E-state index is 6.17. The first-order valence-corrected chi connectivity index (χ1v) is 21.3. The van der Waals surface area contributed by atoms with E-state index >= 15 is 0 Å². The highest BCUT2D eigenvalue weighted by Gasteiger charge is 2.37. The third-order valence-corrected chi connectivity index (χ3v) is 12.8. The highest BCUT2D eigenvalue weighted by atomic mass is 32.1. The molecule has 0 saturated heterocycles. The van der Waals surface area contributed by atoms with Crippen molar-refractivity contribution >= 4 is 71.4 Å². The van der Waals surface area contributed by atoms with E-state index in [4.69, 9.17) is 50.1 Å². The Labute approximate surface area is 305 Å². The summed E-state index contributed by atoms with van der Waals surface area (Å²) in [4.78, 5) is 1.63. The molecule has 0 N–H and O–H groups in total. The Hall–Kier alpha value is 0.360. The average molecular weight is 719 g/mol. The molecule has 1 aromatic heterocycles. The lowest BCUT2D eigenvalue weighted by atomic mass is 10.1. The SMILES string of the molecule is CCCCCCCC[N+](S)(CCCCCCCC)C(=S)c1nnc(C(=S)[N+](S)(CCCCCCCC)CCCCCCCC)s1. The quantitative estimate of drug-likeness (QED) is 0.0358. The van der Waals surface area contributed by atoms with E-state index in [1.807, 2.05) is 0 Å². The molecule has 0 amide bonds. The summed E-state index contributed by atoms with van der Waals surface area (Å²) in [6, 6.07) is 0. The Kier molecular flexibility index (Phi) is 26.2. The molecule has 1 heterocycles. The first kappa shape index (κ1) is 43.4. The van der Waals surface area contributed by atoms with Gasteiger partial charge in [-0.2, -0.15) is 0 Å². The number of nitrogens with zero attached hydrogens (tertiary/aromatic N) is 4. The lowest BCUT2D eigenvalue weighted by Gasteiger charge is -2.31. The molecule has 1 aromatic rings. The normalized spacial score (nSPS) is 12.2. The molecule has 0 unspecified atom stereocenters. The molecule has 0 fully saturated rings. The maximum absolute atomic E-state index is 6.17. The minimum absolute atomic E-state index is 0.495. The van der Waals surface area contributed by atoms with Crippen LogP contribution in [-0.2, 0) is 0 Å². The summed E-state index contributed by atoms with van der Waals surface area (Å²) in [5.74, 6) is 0. The Morgan fingerprint density at radius 3 is 0.911 bits per heavy atom. The van der Waals surface area contributed by atoms with Crippen molar-refractivity contribution in [1.29, 1.82) is 0 Å². The van der Waals surface area contributed by atoms with Gasteiger partial charge in [-0.25, -0.2) is 7.78 Å². The Balaban J connectivity index is 2.98. The third kappa shape index (κ3) is 18.6. The first-order valence-electron chi connectivity index (χ1n) is 18.9. The van der Waals surface area contributed by atoms with Crippen LogP contribution < -0.4 is 0 Å². The fraction of sp³-hybridized carbons (Fsp3) is 0.889. The van der Waals surface area contributed by atoms with Crippen LogP contribution in [0.3, 0.4) is 0 Å². The van der Waals surface area contributed by atoms with Crippen LogP contribution in [0.2, 0.25) is 0 Å². The van der Waals surface area contributed by atoms with Crippen molar-refractivity contribution in [3.8, 4) is 0 Å². The number of hydrogen-bond donors (Lipinski definition) is 2. The molecule has 9 heteroatoms. The molecule has 0 aromatic carbocycles. The zero-order valence-corrected chi connectivity index (χ0v) is 33.9. The van der Waals surface area contributed by atoms with E-state index in [-0.39, 0.29) is 0 Å². The fourth-order valence-electron chi connectivity index (χ4n) is 6.00. The minimum atomic E-state index is 0.495. The predicted molar refractivity (Wildman–Crippen MR) is 215 cm³/mol. The van der Waals surface area contributed by atoms with Crippen LogP contribution in [0.1, 0.15) is 192 Å². The fourth-order valence-corrected chi connectivity index (χ4v) is 8.45. The van der Waals surface area contributed by atoms with Crippen LogP contribution in [0.5, 0.6) is 0 Å². The monoisotopic (exact) mass is 718 g/mol. The number of thiol groups is 2. The molecule has 4 nitrogen and oxygen atoms in total. The standard InChI is InChI=1S/C36H70N4S5/c1-5-9-13-17-21-25-29-39(43,30-26-22-18-14-10-6-2)35(41)33-37-38-34(45-33)36(42)40(44,31-27-23-19-15-11-7-3)32-28-24-20-16-12-8-4/h43-44H,5-32H2,1-4H3/q+2. The lowest BCUT2D eigenvalue weighted by molar-refractivity contribution is -0.692. The summed E-state index contributed by atoms with van der Waals surface area (Å²) in [7, 11) is 0. The predicted octanol–water partition coefficient (Wildman–Crippen LogP) is 12.7. The Morgan fingerprint density at radius 1 is 0.444 bits per heavy atom. The van der Waals surface area contributed by atoms with Gasteiger partial charge in [-0.1, -0.05) is 142 Å². The first-order chi connectivity index (χ1) is 21.8. The van der Waals surface area contributed by atoms with Crippen LogP contribution in [-0.4, -0.2) is 54.1 Å². The average Bonchev–Trinajstić information content (AvgIpc) is 3.53. The number of unbranched alkanes of at least 4 members (excludes halogenated alkanes) is 20. The molecule has 0 atom stereocenters. The number of quaternary nitrogens is 2. The number of thiocarbonyl (C=S) groups is 2. The summed E-state index contributed by atoms with van der Waals surface area (Å²) in [6.07, 6.45) is 30.4. The van der Waals surface area contributed by atoms with Crippen molar-refractivity contribution in [3.05, 3.63) is 10.0 Å². The lowest BCUT2D eigenvalue weighted by Crippen LogP contribution is -2.45. The summed E-state index contributed by atoms with van der Waals surface area (Å²) >= 11 is 24.5. The van der Waals surface area contributed by atoms with Gasteiger partial charge in [0.1, 0.15) is 0 Å². The molecular formula is C36H70N4S5+2. The smallest absolute Gasteiger partial charge is 0.220 e. The van der Waals surface area contributed by atoms with E-state index in [1.54, 1.807) is 11.3 Å². The molecule has 262 valence electrons. The molecule has 0 aliphatic heterocycles. The highest BCUT2D eigenvalue weighted by Crippen LogP contribution is 2.29. The van der Waals surface area contributed by atoms with Crippen LogP contribution in [0.4, 0.5) is 0 Å². The van der Waals surface area contributed by atoms with Gasteiger partial charge in [0.25, 0.3) is 0 Å². The van der Waals surface area contributed by atoms with E-state index in [0.717, 1.165) is 71.9 Å². The van der Waals surface area contributed by atoms with Gasteiger partial charge >= 0.3 is 0 Å². The third-order valence-electron chi connectivity index (χ3n) is 9.07. The molecule has 0 aliphatic carbocycles. The van der Waals surface area contributed by atoms with Gasteiger partial charge in [-0.3, -0.25) is 0 Å². The van der Waals surface area contributed by atoms with E-state index in [0.29, 0.717) is 7.78 Å². The number of hydrogen-bond acceptors (Lipinski definition) is 7. The van der Waals surface area contributed by atoms with E-state index in [2.05, 4.69) is 37.9 Å². The van der Waals surface area contributed by atoms with Crippen LogP contribution in [0.15, 0.2) is 0 Å². The van der Waals surface area contributed by atoms with Crippen molar-refractivity contribution in [1.82, 2.24) is 10.2 Å². The highest BCUT2D eigenvalue weighted by molar-refractivity contribution is 7.83. The molecule has 45 heavy (non-hydrogen) atoms. The Morgan fingerprint density at radius 2 is 0.667 bits per heavy atom. The molecule has 0 radical (unpaired) electrons. The van der Waals surface area contributed by atoms with E-state index in [9.17, 15) is 0 Å². The van der Waals surface area contributed by atoms with Gasteiger partial charge in [0.15, 0.2) is 0 Å². The van der Waals surface area contributed by atoms with Crippen molar-refractivity contribution in [2.75, 3.05) is 26.2 Å². The zero-order valence-electron chi connectivity index (χ0n) is 29.7. The second-order valence-corrected chi connectivity index (χ2v) is 16.6. The van der Waals surface area contributed by atoms with Gasteiger partial charge in [-0.15, -0.1) is 10.2 Å². The zero-order chi connectivity index (χ0) is 33.2.